The van der Waals surface area contributed by atoms with E-state index >= 15 is 0 Å². The molecule has 0 bridgehead atoms. The Kier molecular flexibility index (Phi) is 2.88. The van der Waals surface area contributed by atoms with Gasteiger partial charge in [0, 0.05) is 6.54 Å². The monoisotopic (exact) mass is 214 g/mol. The number of nitrogens with zero attached hydrogens (tertiary/aromatic N) is 2. The van der Waals surface area contributed by atoms with Crippen LogP contribution in [0, 0.1) is 10.1 Å². The molecule has 0 aliphatic carbocycles. The third kappa shape index (κ3) is 1.87. The maximum absolute atomic E-state index is 11.5. The molecule has 0 spiro atoms. The highest BCUT2D eigenvalue weighted by atomic mass is 16.6. The van der Waals surface area contributed by atoms with Gasteiger partial charge < -0.3 is 5.73 Å². The van der Waals surface area contributed by atoms with Gasteiger partial charge in [0.1, 0.15) is 0 Å². The van der Waals surface area contributed by atoms with Crippen LogP contribution in [0.2, 0.25) is 0 Å². The summed E-state index contributed by atoms with van der Waals surface area (Å²) in [5.41, 5.74) is 2.69. The first kappa shape index (κ1) is 11.0. The molecule has 1 aromatic rings. The molecule has 0 aliphatic heterocycles. The van der Waals surface area contributed by atoms with Crippen LogP contribution in [0.5, 0.6) is 0 Å². The summed E-state index contributed by atoms with van der Waals surface area (Å²) in [6, 6.07) is 0. The molecule has 82 valence electrons. The first-order valence-electron chi connectivity index (χ1n) is 4.26. The maximum Gasteiger partial charge on any atom is 0.373 e. The molecule has 0 amide bonds. The summed E-state index contributed by atoms with van der Waals surface area (Å²) < 4.78 is 0.758. The van der Waals surface area contributed by atoms with E-state index in [-0.39, 0.29) is 6.54 Å². The summed E-state index contributed by atoms with van der Waals surface area (Å²) >= 11 is 0. The molecule has 1 rings (SSSR count). The minimum atomic E-state index is -0.969. The van der Waals surface area contributed by atoms with Crippen molar-refractivity contribution in [2.24, 2.45) is 0 Å². The highest BCUT2D eigenvalue weighted by Gasteiger charge is 2.21. The lowest BCUT2D eigenvalue weighted by molar-refractivity contribution is -0.385. The predicted molar refractivity (Wildman–Crippen MR) is 52.7 cm³/mol. The molecule has 3 N–H and O–H groups in total. The van der Waals surface area contributed by atoms with E-state index < -0.39 is 27.7 Å². The SMILES string of the molecule is CCCn1c(=O)[nH]c(N)c([N+](=O)[O-])c1=O. The van der Waals surface area contributed by atoms with E-state index in [4.69, 9.17) is 5.73 Å². The first-order chi connectivity index (χ1) is 6.99. The third-order valence-electron chi connectivity index (χ3n) is 1.82. The zero-order chi connectivity index (χ0) is 11.6. The van der Waals surface area contributed by atoms with Crippen LogP contribution in [-0.4, -0.2) is 14.5 Å². The van der Waals surface area contributed by atoms with E-state index in [1.807, 2.05) is 0 Å². The minimum absolute atomic E-state index is 0.120. The standard InChI is InChI=1S/C7H10N4O4/c1-2-3-10-6(12)4(11(14)15)5(8)9-7(10)13/h2-3,8H2,1H3,(H,9,13). The molecule has 0 fully saturated rings. The van der Waals surface area contributed by atoms with Crippen LogP contribution in [0.25, 0.3) is 0 Å². The molecule has 0 saturated carbocycles. The Morgan fingerprint density at radius 2 is 2.13 bits per heavy atom. The molecule has 0 unspecified atom stereocenters. The van der Waals surface area contributed by atoms with Crippen molar-refractivity contribution >= 4 is 11.5 Å². The number of hydrogen-bond acceptors (Lipinski definition) is 5. The van der Waals surface area contributed by atoms with Crippen LogP contribution in [-0.2, 0) is 6.54 Å². The van der Waals surface area contributed by atoms with E-state index in [9.17, 15) is 19.7 Å². The normalized spacial score (nSPS) is 10.2. The van der Waals surface area contributed by atoms with Gasteiger partial charge in [-0.15, -0.1) is 0 Å². The van der Waals surface area contributed by atoms with Crippen LogP contribution in [0.1, 0.15) is 13.3 Å². The predicted octanol–water partition coefficient (Wildman–Crippen LogP) is -0.563. The van der Waals surface area contributed by atoms with Crippen molar-refractivity contribution in [3.8, 4) is 0 Å². The smallest absolute Gasteiger partial charge is 0.373 e. The Hall–Kier alpha value is -2.12. The fourth-order valence-electron chi connectivity index (χ4n) is 1.18. The summed E-state index contributed by atoms with van der Waals surface area (Å²) in [7, 11) is 0. The third-order valence-corrected chi connectivity index (χ3v) is 1.82. The van der Waals surface area contributed by atoms with Gasteiger partial charge in [-0.25, -0.2) is 4.79 Å². The zero-order valence-electron chi connectivity index (χ0n) is 8.02. The van der Waals surface area contributed by atoms with E-state index in [0.717, 1.165) is 4.57 Å². The lowest BCUT2D eigenvalue weighted by Gasteiger charge is -2.02. The topological polar surface area (TPSA) is 124 Å². The van der Waals surface area contributed by atoms with E-state index in [1.165, 1.54) is 0 Å². The Morgan fingerprint density at radius 1 is 1.53 bits per heavy atom. The van der Waals surface area contributed by atoms with Crippen molar-refractivity contribution in [3.63, 3.8) is 0 Å². The lowest BCUT2D eigenvalue weighted by atomic mass is 10.4. The van der Waals surface area contributed by atoms with Crippen molar-refractivity contribution in [2.45, 2.75) is 19.9 Å². The van der Waals surface area contributed by atoms with Gasteiger partial charge in [0.25, 0.3) is 0 Å². The second kappa shape index (κ2) is 3.95. The quantitative estimate of drug-likeness (QED) is 0.515. The number of anilines is 1. The van der Waals surface area contributed by atoms with Gasteiger partial charge >= 0.3 is 16.9 Å². The average molecular weight is 214 g/mol. The fourth-order valence-corrected chi connectivity index (χ4v) is 1.18. The van der Waals surface area contributed by atoms with Crippen molar-refractivity contribution in [2.75, 3.05) is 5.73 Å². The van der Waals surface area contributed by atoms with Gasteiger partial charge in [0.05, 0.1) is 4.92 Å². The summed E-state index contributed by atoms with van der Waals surface area (Å²) in [6.45, 7) is 1.86. The Labute approximate surface area is 83.5 Å². The van der Waals surface area contributed by atoms with Gasteiger partial charge in [0.15, 0.2) is 5.82 Å². The molecule has 15 heavy (non-hydrogen) atoms. The number of hydrogen-bond donors (Lipinski definition) is 2. The molecule has 0 atom stereocenters. The number of aromatic nitrogens is 2. The summed E-state index contributed by atoms with van der Waals surface area (Å²) in [5.74, 6) is -0.512. The molecule has 0 radical (unpaired) electrons. The van der Waals surface area contributed by atoms with Crippen molar-refractivity contribution in [3.05, 3.63) is 31.0 Å². The molecule has 0 saturated heterocycles. The van der Waals surface area contributed by atoms with Gasteiger partial charge in [-0.2, -0.15) is 0 Å². The minimum Gasteiger partial charge on any atom is -0.379 e. The number of rotatable bonds is 3. The van der Waals surface area contributed by atoms with Crippen LogP contribution in [0.3, 0.4) is 0 Å². The molecule has 1 aromatic heterocycles. The van der Waals surface area contributed by atoms with Crippen LogP contribution in [0.15, 0.2) is 9.59 Å². The van der Waals surface area contributed by atoms with Gasteiger partial charge in [-0.3, -0.25) is 24.5 Å². The van der Waals surface area contributed by atoms with Gasteiger partial charge in [0.2, 0.25) is 0 Å². The second-order valence-electron chi connectivity index (χ2n) is 2.91. The molecule has 0 aromatic carbocycles. The summed E-state index contributed by atoms with van der Waals surface area (Å²) in [6.07, 6.45) is 0.518. The number of H-pyrrole nitrogens is 1. The molecule has 0 aliphatic rings. The van der Waals surface area contributed by atoms with Crippen LogP contribution in [0.4, 0.5) is 11.5 Å². The van der Waals surface area contributed by atoms with Crippen LogP contribution < -0.4 is 17.0 Å². The van der Waals surface area contributed by atoms with Crippen molar-refractivity contribution in [1.29, 1.82) is 0 Å². The molecular weight excluding hydrogens is 204 g/mol. The van der Waals surface area contributed by atoms with E-state index in [2.05, 4.69) is 4.98 Å². The molecule has 1 heterocycles. The molecule has 8 heteroatoms. The highest BCUT2D eigenvalue weighted by Crippen LogP contribution is 2.09. The number of nitrogens with two attached hydrogens (primary N) is 1. The maximum atomic E-state index is 11.5. The number of nitro groups is 1. The van der Waals surface area contributed by atoms with Gasteiger partial charge in [-0.05, 0) is 6.42 Å². The number of nitrogens with one attached hydrogen (secondary N) is 1. The second-order valence-corrected chi connectivity index (χ2v) is 2.91. The molecule has 8 nitrogen and oxygen atoms in total. The van der Waals surface area contributed by atoms with Crippen molar-refractivity contribution < 1.29 is 4.92 Å². The Bertz CT molecular complexity index is 501. The fraction of sp³-hybridized carbons (Fsp3) is 0.429. The van der Waals surface area contributed by atoms with Crippen LogP contribution >= 0.6 is 0 Å². The van der Waals surface area contributed by atoms with E-state index in [1.54, 1.807) is 6.92 Å². The Balaban J connectivity index is 3.57. The zero-order valence-corrected chi connectivity index (χ0v) is 8.02. The number of aromatic amines is 1. The highest BCUT2D eigenvalue weighted by molar-refractivity contribution is 5.49. The summed E-state index contributed by atoms with van der Waals surface area (Å²) in [5, 5.41) is 10.5. The Morgan fingerprint density at radius 3 is 2.60 bits per heavy atom. The number of nitrogen functional groups attached to an aromatic ring is 1. The van der Waals surface area contributed by atoms with E-state index in [0.29, 0.717) is 6.42 Å². The van der Waals surface area contributed by atoms with Gasteiger partial charge in [-0.1, -0.05) is 6.92 Å². The van der Waals surface area contributed by atoms with Crippen molar-refractivity contribution in [1.82, 2.24) is 9.55 Å². The summed E-state index contributed by atoms with van der Waals surface area (Å²) in [4.78, 5) is 34.3. The largest absolute Gasteiger partial charge is 0.379 e. The average Bonchev–Trinajstić information content (AvgIpc) is 2.11. The lowest BCUT2D eigenvalue weighted by Crippen LogP contribution is -2.37. The first-order valence-corrected chi connectivity index (χ1v) is 4.26. The molecular formula is C7H10N4O4.